The molecule has 37 nitrogen and oxygen atoms in total. The average Bonchev–Trinajstić information content (AvgIpc) is 1.62. The van der Waals surface area contributed by atoms with Crippen molar-refractivity contribution in [1.82, 2.24) is 47.1 Å². The first-order valence-corrected chi connectivity index (χ1v) is 37.2. The summed E-state index contributed by atoms with van der Waals surface area (Å²) in [6, 6.07) is 11.2. The lowest BCUT2D eigenvalue weighted by Gasteiger charge is -2.40. The summed E-state index contributed by atoms with van der Waals surface area (Å²) in [4.78, 5) is 175. The Labute approximate surface area is 679 Å². The second kappa shape index (κ2) is 35.3. The molecule has 626 valence electrons. The van der Waals surface area contributed by atoms with Crippen LogP contribution < -0.4 is 72.1 Å². The summed E-state index contributed by atoms with van der Waals surface area (Å²) in [6.45, 7) is 10.3. The van der Waals surface area contributed by atoms with Crippen molar-refractivity contribution < 1.29 is 86.0 Å². The molecule has 3 unspecified atom stereocenters. The van der Waals surface area contributed by atoms with E-state index < -0.39 is 107 Å². The van der Waals surface area contributed by atoms with E-state index in [1.165, 1.54) is 194 Å². The number of phenolic OH excluding ortho intramolecular Hbond substituents is 1. The third-order valence-electron chi connectivity index (χ3n) is 21.2. The largest absolute Gasteiger partial charge is 0.504 e. The number of phenols is 1. The van der Waals surface area contributed by atoms with Gasteiger partial charge in [-0.2, -0.15) is 0 Å². The number of aromatic nitrogens is 7. The number of anilines is 3. The zero-order valence-electron chi connectivity index (χ0n) is 67.4. The van der Waals surface area contributed by atoms with E-state index >= 15 is 0 Å². The maximum atomic E-state index is 14.7. The maximum Gasteiger partial charge on any atom is 0.416 e. The molecule has 6 amide bonds. The van der Waals surface area contributed by atoms with E-state index in [9.17, 15) is 62.6 Å². The lowest BCUT2D eigenvalue weighted by Crippen LogP contribution is -2.55. The standard InChI is InChI=1S/C57H61N9O16.C25H28N4O8/c1-11-20-79-56(73)65-40-26-46(44(75-7)24-36(40)50(69)63-18-16-32(22-42(63)52(65)77-9)38-28-59(3)54(71)61(5)48(38)67)81-30-34-14-13-15-35(58-34)31-82-47-27-41-37(25-45(47)76-8)51(70)64-19-17-33(39-29-60(4)55(72)62(6)49(39)68)23-43(64)53(78-10)66(41)57(74)80-21-12-2;1-6-9-37-25(34)29-17-12-19(30)20(35-4)11-15(17)22(32)28-8-7-14(10-18(28)23(29)36-5)16-13-26(2)24(33)27(3)21(16)31/h11-17,24-29,42-43,52-53H,1-2,18-23,30-31H2,3-10H3;6-7,11-13,18,23,30H,1,8-10H2,2-5H3/t42-,43-,52?,53?;18-,23?/m00/s1. The fourth-order valence-electron chi connectivity index (χ4n) is 15.4. The Morgan fingerprint density at radius 2 is 0.731 bits per heavy atom. The summed E-state index contributed by atoms with van der Waals surface area (Å²) in [5.74, 6) is -1.06. The molecule has 119 heavy (non-hydrogen) atoms. The molecule has 0 bridgehead atoms. The molecule has 0 saturated carbocycles. The van der Waals surface area contributed by atoms with Gasteiger partial charge in [0, 0.05) is 120 Å². The topological polar surface area (TPSA) is 389 Å². The van der Waals surface area contributed by atoms with Gasteiger partial charge in [-0.1, -0.05) is 62.3 Å². The van der Waals surface area contributed by atoms with Gasteiger partial charge < -0.3 is 85.6 Å². The molecule has 0 spiro atoms. The van der Waals surface area contributed by atoms with E-state index in [-0.39, 0.29) is 151 Å². The molecule has 13 rings (SSSR count). The van der Waals surface area contributed by atoms with E-state index in [0.29, 0.717) is 33.7 Å². The minimum atomic E-state index is -1.17. The van der Waals surface area contributed by atoms with Gasteiger partial charge >= 0.3 is 35.3 Å². The molecule has 3 aromatic carbocycles. The van der Waals surface area contributed by atoms with Crippen LogP contribution in [0.4, 0.5) is 31.4 Å². The quantitative estimate of drug-likeness (QED) is 0.0723. The number of carbonyl (C=O) groups is 6. The number of hydrogen-bond donors (Lipinski definition) is 1. The smallest absolute Gasteiger partial charge is 0.416 e. The monoisotopic (exact) mass is 1640 g/mol. The Hall–Kier alpha value is -13.8. The van der Waals surface area contributed by atoms with Crippen LogP contribution in [0.2, 0.25) is 0 Å². The van der Waals surface area contributed by atoms with Gasteiger partial charge in [-0.25, -0.2) is 43.5 Å². The van der Waals surface area contributed by atoms with E-state index in [1.807, 2.05) is 0 Å². The van der Waals surface area contributed by atoms with Crippen LogP contribution >= 0.6 is 0 Å². The van der Waals surface area contributed by atoms with Crippen LogP contribution in [0.25, 0.3) is 16.7 Å². The molecule has 7 aromatic rings. The highest BCUT2D eigenvalue weighted by Gasteiger charge is 2.50. The number of pyridine rings is 1. The Bertz CT molecular complexity index is 5550. The highest BCUT2D eigenvalue weighted by atomic mass is 16.6. The first kappa shape index (κ1) is 84.6. The SMILES string of the molecule is C=CCOC(=O)N1c2cc(O)c(OC)cc2C(=O)N2CC=C(c3cn(C)c(=O)n(C)c3=O)C[C@H]2C1OC.C=CCOC(=O)N1c2cc(OCc3cccc(COc4cc5c(cc4OC)C(=O)N4CC=C(c6cn(C)c(=O)n(C)c6=O)C[C@H]4C(OC)N5C(=O)OCC=C)n3)c(OC)cc2C(=O)N2CC=C(c3cn(C)c(=O)n(C)c3=O)C[C@H]2C1OC. The number of benzene rings is 3. The zero-order chi connectivity index (χ0) is 85.9. The van der Waals surface area contributed by atoms with Crippen molar-refractivity contribution in [2.45, 2.75) is 69.3 Å². The third kappa shape index (κ3) is 15.9. The molecule has 10 heterocycles. The Morgan fingerprint density at radius 1 is 0.429 bits per heavy atom. The fraction of sp³-hybridized carbons (Fsp3) is 0.354. The van der Waals surface area contributed by atoms with Gasteiger partial charge in [0.25, 0.3) is 34.4 Å². The highest BCUT2D eigenvalue weighted by Crippen LogP contribution is 2.47. The van der Waals surface area contributed by atoms with Crippen molar-refractivity contribution in [3.05, 3.63) is 237 Å². The highest BCUT2D eigenvalue weighted by molar-refractivity contribution is 6.09. The molecule has 6 atom stereocenters. The molecule has 0 radical (unpaired) electrons. The summed E-state index contributed by atoms with van der Waals surface area (Å²) in [7, 11) is 17.1. The predicted molar refractivity (Wildman–Crippen MR) is 431 cm³/mol. The van der Waals surface area contributed by atoms with Crippen LogP contribution in [-0.2, 0) is 83.9 Å². The minimum absolute atomic E-state index is 0.0206. The van der Waals surface area contributed by atoms with Crippen molar-refractivity contribution in [3.8, 4) is 34.5 Å². The number of aryl methyl sites for hydroxylation is 3. The number of rotatable bonds is 21. The number of hydrogen-bond acceptors (Lipinski definition) is 25. The fourth-order valence-corrected chi connectivity index (χ4v) is 15.4. The van der Waals surface area contributed by atoms with Gasteiger partial charge in [-0.05, 0) is 66.3 Å². The Kier molecular flexibility index (Phi) is 25.1. The molecule has 0 fully saturated rings. The molecule has 0 saturated heterocycles. The predicted octanol–water partition coefficient (Wildman–Crippen LogP) is 5.09. The van der Waals surface area contributed by atoms with Crippen LogP contribution in [0.1, 0.15) is 78.4 Å². The lowest BCUT2D eigenvalue weighted by atomic mass is 9.94. The molecule has 37 heteroatoms. The molecule has 6 aliphatic heterocycles. The van der Waals surface area contributed by atoms with Gasteiger partial charge in [0.15, 0.2) is 53.2 Å². The molecule has 4 aromatic heterocycles. The second-order valence-corrected chi connectivity index (χ2v) is 28.1. The van der Waals surface area contributed by atoms with Gasteiger partial charge in [0.05, 0.1) is 101 Å². The Morgan fingerprint density at radius 3 is 1.03 bits per heavy atom. The maximum absolute atomic E-state index is 14.7. The van der Waals surface area contributed by atoms with Crippen molar-refractivity contribution >= 4 is 69.8 Å². The first-order valence-electron chi connectivity index (χ1n) is 37.2. The number of methoxy groups -OCH3 is 6. The van der Waals surface area contributed by atoms with E-state index in [1.54, 1.807) is 43.5 Å². The number of ether oxygens (including phenoxy) is 11. The van der Waals surface area contributed by atoms with Crippen molar-refractivity contribution in [1.29, 1.82) is 0 Å². The molecule has 1 N–H and O–H groups in total. The van der Waals surface area contributed by atoms with Crippen molar-refractivity contribution in [3.63, 3.8) is 0 Å². The first-order chi connectivity index (χ1) is 57.0. The van der Waals surface area contributed by atoms with E-state index in [0.717, 1.165) is 13.7 Å². The van der Waals surface area contributed by atoms with Crippen LogP contribution in [0.3, 0.4) is 0 Å². The number of amides is 6. The second-order valence-electron chi connectivity index (χ2n) is 28.1. The minimum Gasteiger partial charge on any atom is -0.504 e. The van der Waals surface area contributed by atoms with Crippen molar-refractivity contribution in [2.75, 3.05) is 96.8 Å². The van der Waals surface area contributed by atoms with Crippen LogP contribution in [0.15, 0.2) is 158 Å². The Balaban J connectivity index is 0.000000292. The van der Waals surface area contributed by atoms with E-state index in [4.69, 9.17) is 57.1 Å². The van der Waals surface area contributed by atoms with E-state index in [2.05, 4.69) is 19.7 Å². The van der Waals surface area contributed by atoms with Crippen LogP contribution in [-0.4, -0.2) is 207 Å². The van der Waals surface area contributed by atoms with Crippen LogP contribution in [0, 0.1) is 0 Å². The number of nitrogens with zero attached hydrogens (tertiary/aromatic N) is 13. The van der Waals surface area contributed by atoms with Gasteiger partial charge in [0.2, 0.25) is 0 Å². The molecular weight excluding hydrogens is 1550 g/mol. The van der Waals surface area contributed by atoms with Crippen molar-refractivity contribution in [2.24, 2.45) is 42.3 Å². The number of fused-ring (bicyclic) bond motifs is 6. The normalized spacial score (nSPS) is 18.5. The molecular formula is C82H89N13O24. The number of aromatic hydroxyl groups is 1. The molecule has 0 aliphatic carbocycles. The number of carbonyl (C=O) groups excluding carboxylic acids is 6. The average molecular weight is 1640 g/mol. The van der Waals surface area contributed by atoms with Crippen LogP contribution in [0.5, 0.6) is 34.5 Å². The lowest BCUT2D eigenvalue weighted by molar-refractivity contribution is 0.0175. The summed E-state index contributed by atoms with van der Waals surface area (Å²) >= 11 is 0. The van der Waals surface area contributed by atoms with Gasteiger partial charge in [0.1, 0.15) is 33.0 Å². The summed E-state index contributed by atoms with van der Waals surface area (Å²) in [5, 5.41) is 10.5. The summed E-state index contributed by atoms with van der Waals surface area (Å²) in [6.07, 6.45) is 8.09. The van der Waals surface area contributed by atoms with Gasteiger partial charge in [-0.15, -0.1) is 0 Å². The molecule has 6 aliphatic rings. The third-order valence-corrected chi connectivity index (χ3v) is 21.2. The van der Waals surface area contributed by atoms with Gasteiger partial charge in [-0.3, -0.25) is 47.5 Å². The zero-order valence-corrected chi connectivity index (χ0v) is 67.4. The summed E-state index contributed by atoms with van der Waals surface area (Å²) in [5.41, 5.74) is 0.802. The summed E-state index contributed by atoms with van der Waals surface area (Å²) < 4.78 is 70.7.